The fraction of sp³-hybridized carbons (Fsp3) is 0.133. The molecule has 14 aromatic carbocycles. The third kappa shape index (κ3) is 36.3. The van der Waals surface area contributed by atoms with Crippen LogP contribution in [0.3, 0.4) is 0 Å². The highest BCUT2D eigenvalue weighted by molar-refractivity contribution is 6.33. The highest BCUT2D eigenvalue weighted by Gasteiger charge is 2.16. The predicted molar refractivity (Wildman–Crippen MR) is 490 cm³/mol. The van der Waals surface area contributed by atoms with Gasteiger partial charge in [-0.15, -0.1) is 0 Å². The Hall–Kier alpha value is -16.1. The second-order valence-corrected chi connectivity index (χ2v) is 28.5. The van der Waals surface area contributed by atoms with Gasteiger partial charge in [0.05, 0.1) is 60.8 Å². The molecule has 0 heterocycles. The van der Waals surface area contributed by atoms with Crippen molar-refractivity contribution in [3.05, 3.63) is 446 Å². The van der Waals surface area contributed by atoms with E-state index in [9.17, 15) is 33.6 Å². The first-order chi connectivity index (χ1) is 62.4. The van der Waals surface area contributed by atoms with E-state index in [1.807, 2.05) is 238 Å². The van der Waals surface area contributed by atoms with E-state index in [-0.39, 0.29) is 41.0 Å². The second-order valence-electron chi connectivity index (χ2n) is 28.1. The molecule has 24 heteroatoms. The van der Waals surface area contributed by atoms with Crippen molar-refractivity contribution >= 4 is 53.4 Å². The molecule has 0 bridgehead atoms. The molecule has 14 rings (SSSR count). The topological polar surface area (TPSA) is 344 Å². The van der Waals surface area contributed by atoms with Gasteiger partial charge in [0, 0.05) is 5.56 Å². The van der Waals surface area contributed by atoms with Gasteiger partial charge in [0.25, 0.3) is 0 Å². The van der Waals surface area contributed by atoms with Crippen molar-refractivity contribution in [1.82, 2.24) is 0 Å². The smallest absolute Gasteiger partial charge is 0.337 e. The molecule has 0 amide bonds. The highest BCUT2D eigenvalue weighted by Crippen LogP contribution is 2.32. The van der Waals surface area contributed by atoms with E-state index in [1.54, 1.807) is 91.0 Å². The minimum Gasteiger partial charge on any atom is -0.493 e. The minimum atomic E-state index is -1.05. The maximum absolute atomic E-state index is 11.0. The summed E-state index contributed by atoms with van der Waals surface area (Å²) >= 11 is 5.85. The molecule has 0 aliphatic carbocycles. The molecule has 0 radical (unpaired) electrons. The molecule has 0 fully saturated rings. The SMILES string of the molecule is COc1cc(CC(=O)O)ccc1OCc1ccccc1.COc1ccc(C(=O)O)cc1OCc1ccccc1.Cc1cc(C(=O)O)cc(C)c1OCc1ccccc1.O=C(O)Cc1ccc(OCc2ccccc2)cc1.O=C(O)Cc1ccccc1OCc1ccccc1.O=C(O)c1ccc(OCc2ccccc2)cc1.O=C(O)c1ccc(OCc2ccccc2)cc1Cl. The summed E-state index contributed by atoms with van der Waals surface area (Å²) in [6.07, 6.45) is -0.0146. The number of para-hydroxylation sites is 1. The van der Waals surface area contributed by atoms with Crippen LogP contribution in [-0.4, -0.2) is 91.8 Å². The molecular weight excluding hydrogens is 1660 g/mol. The van der Waals surface area contributed by atoms with Gasteiger partial charge in [-0.25, -0.2) is 19.2 Å². The van der Waals surface area contributed by atoms with Crippen molar-refractivity contribution < 1.29 is 112 Å². The normalized spacial score (nSPS) is 10.0. The van der Waals surface area contributed by atoms with Crippen molar-refractivity contribution in [2.45, 2.75) is 79.4 Å². The largest absolute Gasteiger partial charge is 0.493 e. The molecular formula is C105H97ClO23. The van der Waals surface area contributed by atoms with Crippen LogP contribution < -0.4 is 42.6 Å². The Labute approximate surface area is 752 Å². The van der Waals surface area contributed by atoms with Crippen molar-refractivity contribution in [3.63, 3.8) is 0 Å². The van der Waals surface area contributed by atoms with Crippen LogP contribution in [0.4, 0.5) is 0 Å². The first-order valence-corrected chi connectivity index (χ1v) is 40.5. The Morgan fingerprint density at radius 1 is 0.248 bits per heavy atom. The van der Waals surface area contributed by atoms with Gasteiger partial charge in [0.15, 0.2) is 23.0 Å². The van der Waals surface area contributed by atoms with E-state index < -0.39 is 41.8 Å². The lowest BCUT2D eigenvalue weighted by Gasteiger charge is -2.13. The van der Waals surface area contributed by atoms with Crippen LogP contribution in [0.25, 0.3) is 0 Å². The molecule has 0 unspecified atom stereocenters. The summed E-state index contributed by atoms with van der Waals surface area (Å²) in [6.45, 7) is 6.86. The predicted octanol–water partition coefficient (Wildman–Crippen LogP) is 21.8. The van der Waals surface area contributed by atoms with Gasteiger partial charge in [0.1, 0.15) is 75.0 Å². The van der Waals surface area contributed by atoms with Crippen LogP contribution in [0.1, 0.15) is 108 Å². The molecule has 0 aliphatic heterocycles. The maximum Gasteiger partial charge on any atom is 0.337 e. The van der Waals surface area contributed by atoms with Gasteiger partial charge in [-0.1, -0.05) is 260 Å². The lowest BCUT2D eigenvalue weighted by molar-refractivity contribution is -0.137. The van der Waals surface area contributed by atoms with Gasteiger partial charge in [0.2, 0.25) is 0 Å². The number of carbonyl (C=O) groups is 7. The zero-order chi connectivity index (χ0) is 92.5. The summed E-state index contributed by atoms with van der Waals surface area (Å²) in [5.74, 6) is -1.01. The molecule has 0 aliphatic rings. The molecule has 0 saturated heterocycles. The number of benzene rings is 14. The molecule has 0 spiro atoms. The molecule has 129 heavy (non-hydrogen) atoms. The number of carboxylic acids is 7. The van der Waals surface area contributed by atoms with Gasteiger partial charge in [-0.3, -0.25) is 14.4 Å². The molecule has 0 atom stereocenters. The Bertz CT molecular complexity index is 5790. The Morgan fingerprint density at radius 3 is 0.961 bits per heavy atom. The Morgan fingerprint density at radius 2 is 0.574 bits per heavy atom. The van der Waals surface area contributed by atoms with E-state index >= 15 is 0 Å². The van der Waals surface area contributed by atoms with Crippen LogP contribution in [0.15, 0.2) is 352 Å². The van der Waals surface area contributed by atoms with Crippen LogP contribution in [0, 0.1) is 13.8 Å². The number of hydrogen-bond donors (Lipinski definition) is 7. The average Bonchev–Trinajstić information content (AvgIpc) is 0.836. The van der Waals surface area contributed by atoms with Gasteiger partial charge in [-0.2, -0.15) is 0 Å². The summed E-state index contributed by atoms with van der Waals surface area (Å²) in [5.41, 5.74) is 12.1. The van der Waals surface area contributed by atoms with Crippen molar-refractivity contribution in [1.29, 1.82) is 0 Å². The molecule has 0 aromatic heterocycles. The van der Waals surface area contributed by atoms with E-state index in [0.29, 0.717) is 103 Å². The molecule has 14 aromatic rings. The Kier molecular flexibility index (Phi) is 41.0. The summed E-state index contributed by atoms with van der Waals surface area (Å²) < 4.78 is 49.8. The maximum atomic E-state index is 11.0. The summed E-state index contributed by atoms with van der Waals surface area (Å²) in [4.78, 5) is 75.3. The van der Waals surface area contributed by atoms with Gasteiger partial charge >= 0.3 is 41.8 Å². The number of ether oxygens (including phenoxy) is 9. The van der Waals surface area contributed by atoms with E-state index in [1.165, 1.54) is 50.6 Å². The van der Waals surface area contributed by atoms with Crippen LogP contribution in [0.5, 0.6) is 51.7 Å². The van der Waals surface area contributed by atoms with Crippen molar-refractivity contribution in [2.75, 3.05) is 14.2 Å². The van der Waals surface area contributed by atoms with Crippen LogP contribution >= 0.6 is 11.6 Å². The van der Waals surface area contributed by atoms with Crippen molar-refractivity contribution in [3.8, 4) is 51.7 Å². The quantitative estimate of drug-likeness (QED) is 0.0201. The first kappa shape index (κ1) is 98.3. The number of aliphatic carboxylic acids is 3. The highest BCUT2D eigenvalue weighted by atomic mass is 35.5. The molecule has 662 valence electrons. The fourth-order valence-corrected chi connectivity index (χ4v) is 12.0. The lowest BCUT2D eigenvalue weighted by atomic mass is 10.1. The zero-order valence-corrected chi connectivity index (χ0v) is 71.9. The lowest BCUT2D eigenvalue weighted by Crippen LogP contribution is -2.04. The number of aryl methyl sites for hydroxylation is 2. The molecule has 7 N–H and O–H groups in total. The van der Waals surface area contributed by atoms with Gasteiger partial charge < -0.3 is 78.4 Å². The number of halogens is 1. The minimum absolute atomic E-state index is 0.0229. The van der Waals surface area contributed by atoms with Crippen LogP contribution in [-0.2, 0) is 79.9 Å². The standard InChI is InChI=1S/C16H16O4.C16H16O3.C15H14O4.2C15H14O3.C14H11ClO3.C14H12O3/c1-19-15-9-13(10-16(17)18)7-8-14(15)20-11-12-5-3-2-4-6-12;1-11-8-14(16(17)18)9-12(2)15(11)19-10-13-6-4-3-5-7-13;1-18-13-8-7-12(15(16)17)9-14(13)19-10-11-5-3-2-4-6-11;16-15(17)10-13-8-4-5-9-14(13)18-11-12-6-2-1-3-7-12;16-15(17)10-12-6-8-14(9-7-12)18-11-13-4-2-1-3-5-13;15-13-8-11(6-7-12(13)14(16)17)18-9-10-4-2-1-3-5-10;15-14(16)12-6-8-13(9-7-12)17-10-11-4-2-1-3-5-11/h2-9H,10-11H2,1H3,(H,17,18);3-9H,10H2,1-2H3,(H,17,18);2-9H,10H2,1H3,(H,16,17);2*1-9H,10-11H2,(H,16,17);1-8H,9H2,(H,16,17);1-9H,10H2,(H,15,16). The van der Waals surface area contributed by atoms with Crippen LogP contribution in [0.2, 0.25) is 5.02 Å². The molecule has 23 nitrogen and oxygen atoms in total. The summed E-state index contributed by atoms with van der Waals surface area (Å²) in [6, 6.07) is 107. The summed E-state index contributed by atoms with van der Waals surface area (Å²) in [5, 5.41) is 62.0. The Balaban J connectivity index is 0.000000186. The van der Waals surface area contributed by atoms with Crippen molar-refractivity contribution in [2.24, 2.45) is 0 Å². The van der Waals surface area contributed by atoms with Gasteiger partial charge in [-0.05, 0) is 178 Å². The molecule has 0 saturated carbocycles. The first-order valence-electron chi connectivity index (χ1n) is 40.2. The number of carboxylic acid groups (broad SMARTS) is 7. The number of aromatic carboxylic acids is 4. The zero-order valence-electron chi connectivity index (χ0n) is 71.1. The third-order valence-corrected chi connectivity index (χ3v) is 18.6. The number of hydrogen-bond acceptors (Lipinski definition) is 16. The second kappa shape index (κ2) is 53.8. The number of rotatable bonds is 33. The average molecular weight is 1760 g/mol. The van der Waals surface area contributed by atoms with E-state index in [4.69, 9.17) is 90.0 Å². The number of methoxy groups -OCH3 is 2. The third-order valence-electron chi connectivity index (χ3n) is 18.2. The fourth-order valence-electron chi connectivity index (χ4n) is 11.8. The summed E-state index contributed by atoms with van der Waals surface area (Å²) in [7, 11) is 3.06. The van der Waals surface area contributed by atoms with E-state index in [2.05, 4.69) is 0 Å². The van der Waals surface area contributed by atoms with E-state index in [0.717, 1.165) is 67.1 Å². The monoisotopic (exact) mass is 1760 g/mol.